The molecule has 0 amide bonds. The van der Waals surface area contributed by atoms with Crippen molar-refractivity contribution in [2.45, 2.75) is 71.3 Å². The van der Waals surface area contributed by atoms with Gasteiger partial charge in [-0.05, 0) is 93.9 Å². The first-order valence-corrected chi connectivity index (χ1v) is 9.47. The van der Waals surface area contributed by atoms with Crippen LogP contribution in [0.25, 0.3) is 0 Å². The SMILES string of the molecule is CC(C)N(C)CCCCCCN(C)CCCCCCN(C)C. The fourth-order valence-corrected chi connectivity index (χ4v) is 2.63. The van der Waals surface area contributed by atoms with Crippen molar-refractivity contribution in [2.75, 3.05) is 54.4 Å². The first kappa shape index (κ1) is 21.9. The molecule has 3 heteroatoms. The van der Waals surface area contributed by atoms with E-state index in [1.54, 1.807) is 0 Å². The maximum atomic E-state index is 2.52. The lowest BCUT2D eigenvalue weighted by molar-refractivity contribution is 0.264. The molecule has 0 N–H and O–H groups in total. The fourth-order valence-electron chi connectivity index (χ4n) is 2.63. The van der Waals surface area contributed by atoms with E-state index in [9.17, 15) is 0 Å². The van der Waals surface area contributed by atoms with E-state index >= 15 is 0 Å². The summed E-state index contributed by atoms with van der Waals surface area (Å²) in [6, 6.07) is 0.684. The highest BCUT2D eigenvalue weighted by atomic mass is 15.1. The Kier molecular flexibility index (Phi) is 14.4. The fraction of sp³-hybridized carbons (Fsp3) is 1.00. The quantitative estimate of drug-likeness (QED) is 0.424. The Hall–Kier alpha value is -0.120. The molecular formula is C19H43N3. The third-order valence-electron chi connectivity index (χ3n) is 4.58. The van der Waals surface area contributed by atoms with E-state index in [0.717, 1.165) is 0 Å². The van der Waals surface area contributed by atoms with Gasteiger partial charge in [-0.15, -0.1) is 0 Å². The minimum atomic E-state index is 0.684. The average Bonchev–Trinajstić information content (AvgIpc) is 2.45. The molecule has 0 spiro atoms. The zero-order chi connectivity index (χ0) is 16.8. The molecule has 0 fully saturated rings. The van der Waals surface area contributed by atoms with Gasteiger partial charge in [0.1, 0.15) is 0 Å². The molecule has 0 aromatic rings. The van der Waals surface area contributed by atoms with Gasteiger partial charge in [0.05, 0.1) is 0 Å². The molecule has 0 unspecified atom stereocenters. The summed E-state index contributed by atoms with van der Waals surface area (Å²) in [5.41, 5.74) is 0. The molecule has 0 saturated heterocycles. The highest BCUT2D eigenvalue weighted by Crippen LogP contribution is 2.06. The topological polar surface area (TPSA) is 9.72 Å². The third kappa shape index (κ3) is 14.8. The molecule has 134 valence electrons. The van der Waals surface area contributed by atoms with Crippen molar-refractivity contribution in [1.82, 2.24) is 14.7 Å². The molecule has 0 aromatic carbocycles. The van der Waals surface area contributed by atoms with Crippen molar-refractivity contribution in [2.24, 2.45) is 0 Å². The van der Waals surface area contributed by atoms with Gasteiger partial charge in [-0.2, -0.15) is 0 Å². The smallest absolute Gasteiger partial charge is 0.00355 e. The highest BCUT2D eigenvalue weighted by molar-refractivity contribution is 4.58. The Bertz CT molecular complexity index is 229. The molecule has 0 radical (unpaired) electrons. The van der Waals surface area contributed by atoms with Gasteiger partial charge in [0.2, 0.25) is 0 Å². The van der Waals surface area contributed by atoms with Crippen LogP contribution in [0.1, 0.15) is 65.2 Å². The van der Waals surface area contributed by atoms with Crippen molar-refractivity contribution >= 4 is 0 Å². The second-order valence-corrected chi connectivity index (χ2v) is 7.51. The Morgan fingerprint density at radius 2 is 0.955 bits per heavy atom. The predicted octanol–water partition coefficient (Wildman–Crippen LogP) is 3.94. The maximum absolute atomic E-state index is 2.52. The predicted molar refractivity (Wildman–Crippen MR) is 101 cm³/mol. The van der Waals surface area contributed by atoms with Crippen LogP contribution in [0.4, 0.5) is 0 Å². The van der Waals surface area contributed by atoms with Gasteiger partial charge in [-0.3, -0.25) is 0 Å². The minimum absolute atomic E-state index is 0.684. The van der Waals surface area contributed by atoms with Gasteiger partial charge >= 0.3 is 0 Å². The van der Waals surface area contributed by atoms with Crippen molar-refractivity contribution in [3.63, 3.8) is 0 Å². The molecule has 0 rings (SSSR count). The van der Waals surface area contributed by atoms with Crippen molar-refractivity contribution in [3.05, 3.63) is 0 Å². The number of hydrogen-bond donors (Lipinski definition) is 0. The lowest BCUT2D eigenvalue weighted by Gasteiger charge is -2.20. The molecule has 0 saturated carbocycles. The lowest BCUT2D eigenvalue weighted by Crippen LogP contribution is -2.27. The summed E-state index contributed by atoms with van der Waals surface area (Å²) in [5.74, 6) is 0. The molecule has 0 heterocycles. The molecule has 0 aliphatic rings. The zero-order valence-electron chi connectivity index (χ0n) is 16.4. The summed E-state index contributed by atoms with van der Waals surface area (Å²) in [4.78, 5) is 7.25. The Labute approximate surface area is 141 Å². The van der Waals surface area contributed by atoms with E-state index in [4.69, 9.17) is 0 Å². The van der Waals surface area contributed by atoms with Crippen LogP contribution < -0.4 is 0 Å². The average molecular weight is 314 g/mol. The summed E-state index contributed by atoms with van der Waals surface area (Å²) in [7, 11) is 8.84. The normalized spacial score (nSPS) is 12.3. The second kappa shape index (κ2) is 14.5. The van der Waals surface area contributed by atoms with Crippen LogP contribution in [0.15, 0.2) is 0 Å². The van der Waals surface area contributed by atoms with Gasteiger partial charge < -0.3 is 14.7 Å². The number of rotatable bonds is 15. The van der Waals surface area contributed by atoms with Gasteiger partial charge in [0, 0.05) is 6.04 Å². The van der Waals surface area contributed by atoms with Crippen LogP contribution in [0.2, 0.25) is 0 Å². The van der Waals surface area contributed by atoms with E-state index in [1.807, 2.05) is 0 Å². The van der Waals surface area contributed by atoms with Crippen LogP contribution >= 0.6 is 0 Å². The van der Waals surface area contributed by atoms with Gasteiger partial charge in [0.25, 0.3) is 0 Å². The van der Waals surface area contributed by atoms with Crippen molar-refractivity contribution in [3.8, 4) is 0 Å². The summed E-state index contributed by atoms with van der Waals surface area (Å²) < 4.78 is 0. The first-order chi connectivity index (χ1) is 10.4. The number of hydrogen-bond acceptors (Lipinski definition) is 3. The molecular weight excluding hydrogens is 270 g/mol. The third-order valence-corrected chi connectivity index (χ3v) is 4.58. The number of unbranched alkanes of at least 4 members (excludes halogenated alkanes) is 6. The largest absolute Gasteiger partial charge is 0.309 e. The Balaban J connectivity index is 3.27. The van der Waals surface area contributed by atoms with E-state index in [1.165, 1.54) is 77.5 Å². The summed E-state index contributed by atoms with van der Waals surface area (Å²) >= 11 is 0. The van der Waals surface area contributed by atoms with Crippen molar-refractivity contribution in [1.29, 1.82) is 0 Å². The molecule has 0 atom stereocenters. The number of nitrogens with zero attached hydrogens (tertiary/aromatic N) is 3. The highest BCUT2D eigenvalue weighted by Gasteiger charge is 2.02. The maximum Gasteiger partial charge on any atom is 0.00355 e. The Morgan fingerprint density at radius 1 is 0.545 bits per heavy atom. The van der Waals surface area contributed by atoms with E-state index in [2.05, 4.69) is 56.7 Å². The summed E-state index contributed by atoms with van der Waals surface area (Å²) in [6.07, 6.45) is 11.0. The second-order valence-electron chi connectivity index (χ2n) is 7.51. The summed E-state index contributed by atoms with van der Waals surface area (Å²) in [5, 5.41) is 0. The van der Waals surface area contributed by atoms with Crippen LogP contribution in [-0.2, 0) is 0 Å². The van der Waals surface area contributed by atoms with Crippen LogP contribution in [0, 0.1) is 0 Å². The van der Waals surface area contributed by atoms with Gasteiger partial charge in [0.15, 0.2) is 0 Å². The molecule has 0 aliphatic heterocycles. The molecule has 3 nitrogen and oxygen atoms in total. The first-order valence-electron chi connectivity index (χ1n) is 9.47. The Morgan fingerprint density at radius 3 is 1.36 bits per heavy atom. The molecule has 0 aromatic heterocycles. The summed E-state index contributed by atoms with van der Waals surface area (Å²) in [6.45, 7) is 9.59. The van der Waals surface area contributed by atoms with E-state index in [0.29, 0.717) is 6.04 Å². The monoisotopic (exact) mass is 313 g/mol. The lowest BCUT2D eigenvalue weighted by atomic mass is 10.1. The zero-order valence-corrected chi connectivity index (χ0v) is 16.4. The molecule has 0 aliphatic carbocycles. The standard InChI is InChI=1S/C19H43N3/c1-19(2)22(6)18-14-10-9-13-17-21(5)16-12-8-7-11-15-20(3)4/h19H,7-18H2,1-6H3. The van der Waals surface area contributed by atoms with E-state index < -0.39 is 0 Å². The van der Waals surface area contributed by atoms with E-state index in [-0.39, 0.29) is 0 Å². The molecule has 0 bridgehead atoms. The molecule has 22 heavy (non-hydrogen) atoms. The van der Waals surface area contributed by atoms with Crippen LogP contribution in [-0.4, -0.2) is 75.1 Å². The van der Waals surface area contributed by atoms with Gasteiger partial charge in [-0.25, -0.2) is 0 Å². The van der Waals surface area contributed by atoms with Crippen LogP contribution in [0.5, 0.6) is 0 Å². The van der Waals surface area contributed by atoms with Gasteiger partial charge in [-0.1, -0.05) is 25.7 Å². The van der Waals surface area contributed by atoms with Crippen LogP contribution in [0.3, 0.4) is 0 Å². The minimum Gasteiger partial charge on any atom is -0.309 e. The van der Waals surface area contributed by atoms with Crippen molar-refractivity contribution < 1.29 is 0 Å².